The number of carbonyl (C=O) groups excluding carboxylic acids is 3. The first-order valence-corrected chi connectivity index (χ1v) is 11.7. The highest BCUT2D eigenvalue weighted by molar-refractivity contribution is 9.10. The van der Waals surface area contributed by atoms with Crippen molar-refractivity contribution < 1.29 is 23.9 Å². The van der Waals surface area contributed by atoms with E-state index in [0.29, 0.717) is 27.8 Å². The topological polar surface area (TPSA) is 106 Å². The third kappa shape index (κ3) is 5.55. The first kappa shape index (κ1) is 23.9. The number of ether oxygens (including phenoxy) is 2. The fraction of sp³-hybridized carbons (Fsp3) is 0.364. The summed E-state index contributed by atoms with van der Waals surface area (Å²) in [5.74, 6) is -1.30. The van der Waals surface area contributed by atoms with E-state index in [1.807, 2.05) is 6.07 Å². The van der Waals surface area contributed by atoms with Gasteiger partial charge in [-0.05, 0) is 55.9 Å². The summed E-state index contributed by atoms with van der Waals surface area (Å²) in [4.78, 5) is 38.3. The Labute approximate surface area is 198 Å². The molecule has 0 spiro atoms. The van der Waals surface area contributed by atoms with Crippen molar-refractivity contribution in [1.82, 2.24) is 5.43 Å². The maximum Gasteiger partial charge on any atom is 0.341 e. The number of rotatable bonds is 6. The monoisotopic (exact) mass is 521 g/mol. The van der Waals surface area contributed by atoms with Gasteiger partial charge in [-0.3, -0.25) is 9.59 Å². The van der Waals surface area contributed by atoms with Gasteiger partial charge >= 0.3 is 17.8 Å². The molecular formula is C22H24BrN3O5S. The van der Waals surface area contributed by atoms with Crippen LogP contribution in [0.15, 0.2) is 27.8 Å². The molecule has 0 saturated heterocycles. The highest BCUT2D eigenvalue weighted by Gasteiger charge is 2.30. The average molecular weight is 522 g/mol. The van der Waals surface area contributed by atoms with Crippen LogP contribution >= 0.6 is 27.3 Å². The molecule has 0 fully saturated rings. The molecule has 1 aliphatic carbocycles. The summed E-state index contributed by atoms with van der Waals surface area (Å²) in [5, 5.41) is 6.74. The van der Waals surface area contributed by atoms with Gasteiger partial charge < -0.3 is 14.8 Å². The van der Waals surface area contributed by atoms with Gasteiger partial charge in [0.1, 0.15) is 10.8 Å². The second kappa shape index (κ2) is 10.7. The first-order valence-electron chi connectivity index (χ1n) is 10.1. The van der Waals surface area contributed by atoms with Crippen molar-refractivity contribution in [3.05, 3.63) is 44.2 Å². The van der Waals surface area contributed by atoms with E-state index in [0.717, 1.165) is 34.2 Å². The molecule has 1 atom stereocenters. The van der Waals surface area contributed by atoms with Crippen molar-refractivity contribution in [2.75, 3.05) is 19.0 Å². The smallest absolute Gasteiger partial charge is 0.341 e. The average Bonchev–Trinajstić information content (AvgIpc) is 3.10. The predicted molar refractivity (Wildman–Crippen MR) is 127 cm³/mol. The van der Waals surface area contributed by atoms with Gasteiger partial charge in [0.05, 0.1) is 25.5 Å². The molecule has 2 aromatic rings. The molecule has 170 valence electrons. The second-order valence-corrected chi connectivity index (χ2v) is 9.34. The summed E-state index contributed by atoms with van der Waals surface area (Å²) in [7, 11) is 1.52. The van der Waals surface area contributed by atoms with E-state index < -0.39 is 17.8 Å². The lowest BCUT2D eigenvalue weighted by atomic mass is 9.88. The predicted octanol–water partition coefficient (Wildman–Crippen LogP) is 3.91. The maximum absolute atomic E-state index is 12.5. The summed E-state index contributed by atoms with van der Waals surface area (Å²) in [6.45, 7) is 4.10. The summed E-state index contributed by atoms with van der Waals surface area (Å²) >= 11 is 4.68. The molecule has 10 heteroatoms. The largest absolute Gasteiger partial charge is 0.496 e. The van der Waals surface area contributed by atoms with Crippen LogP contribution in [0.3, 0.4) is 0 Å². The number of methoxy groups -OCH3 is 1. The number of nitrogens with one attached hydrogen (secondary N) is 2. The van der Waals surface area contributed by atoms with Gasteiger partial charge in [0.15, 0.2) is 0 Å². The molecule has 1 heterocycles. The Bertz CT molecular complexity index is 1070. The van der Waals surface area contributed by atoms with Crippen LogP contribution in [0.5, 0.6) is 5.75 Å². The zero-order chi connectivity index (χ0) is 23.3. The standard InChI is InChI=1S/C22H24BrN3O5S/c1-4-31-22(29)18-15-7-5-12(2)9-17(15)32-21(18)25-19(27)20(28)26-24-11-13-10-14(23)6-8-16(13)30-3/h6,8,10-12H,4-5,7,9H2,1-3H3,(H,25,27)(H,26,28)/b24-11+. The molecule has 2 N–H and O–H groups in total. The SMILES string of the molecule is CCOC(=O)c1c(NC(=O)C(=O)N/N=C/c2cc(Br)ccc2OC)sc2c1CCC(C)C2. The lowest BCUT2D eigenvalue weighted by molar-refractivity contribution is -0.136. The number of hydrogen-bond donors (Lipinski definition) is 2. The quantitative estimate of drug-likeness (QED) is 0.259. The molecule has 8 nitrogen and oxygen atoms in total. The van der Waals surface area contributed by atoms with Crippen LogP contribution in [0.1, 0.15) is 46.6 Å². The van der Waals surface area contributed by atoms with Gasteiger partial charge in [-0.15, -0.1) is 11.3 Å². The molecule has 0 aliphatic heterocycles. The Morgan fingerprint density at radius 1 is 1.31 bits per heavy atom. The summed E-state index contributed by atoms with van der Waals surface area (Å²) in [6.07, 6.45) is 3.90. The Balaban J connectivity index is 1.73. The lowest BCUT2D eigenvalue weighted by Crippen LogP contribution is -2.32. The number of hydrazone groups is 1. The zero-order valence-corrected chi connectivity index (χ0v) is 20.4. The van der Waals surface area contributed by atoms with Crippen molar-refractivity contribution in [3.63, 3.8) is 0 Å². The summed E-state index contributed by atoms with van der Waals surface area (Å²) in [6, 6.07) is 5.32. The van der Waals surface area contributed by atoms with Crippen molar-refractivity contribution in [2.24, 2.45) is 11.0 Å². The zero-order valence-electron chi connectivity index (χ0n) is 18.0. The third-order valence-corrected chi connectivity index (χ3v) is 6.65. The van der Waals surface area contributed by atoms with Gasteiger partial charge in [0, 0.05) is 14.9 Å². The van der Waals surface area contributed by atoms with E-state index in [4.69, 9.17) is 9.47 Å². The van der Waals surface area contributed by atoms with E-state index in [2.05, 4.69) is 38.7 Å². The fourth-order valence-corrected chi connectivity index (χ4v) is 5.21. The van der Waals surface area contributed by atoms with Crippen LogP contribution in [0.2, 0.25) is 0 Å². The summed E-state index contributed by atoms with van der Waals surface area (Å²) in [5.41, 5.74) is 4.07. The normalized spacial score (nSPS) is 15.2. The Morgan fingerprint density at radius 2 is 2.09 bits per heavy atom. The lowest BCUT2D eigenvalue weighted by Gasteiger charge is -2.18. The number of esters is 1. The Morgan fingerprint density at radius 3 is 2.81 bits per heavy atom. The number of nitrogens with zero attached hydrogens (tertiary/aromatic N) is 1. The molecule has 32 heavy (non-hydrogen) atoms. The molecule has 2 amide bonds. The number of anilines is 1. The van der Waals surface area contributed by atoms with Crippen LogP contribution in [0, 0.1) is 5.92 Å². The molecule has 0 bridgehead atoms. The molecule has 1 aliphatic rings. The number of fused-ring (bicyclic) bond motifs is 1. The van der Waals surface area contributed by atoms with Crippen LogP contribution < -0.4 is 15.5 Å². The van der Waals surface area contributed by atoms with E-state index in [9.17, 15) is 14.4 Å². The van der Waals surface area contributed by atoms with Gasteiger partial charge in [-0.2, -0.15) is 5.10 Å². The van der Waals surface area contributed by atoms with Crippen LogP contribution in [0.25, 0.3) is 0 Å². The second-order valence-electron chi connectivity index (χ2n) is 7.32. The minimum absolute atomic E-state index is 0.224. The Kier molecular flexibility index (Phi) is 8.03. The van der Waals surface area contributed by atoms with Gasteiger partial charge in [0.2, 0.25) is 0 Å². The highest BCUT2D eigenvalue weighted by Crippen LogP contribution is 2.40. The van der Waals surface area contributed by atoms with E-state index in [-0.39, 0.29) is 6.61 Å². The first-order chi connectivity index (χ1) is 15.3. The minimum Gasteiger partial charge on any atom is -0.496 e. The number of thiophene rings is 1. The van der Waals surface area contributed by atoms with Crippen molar-refractivity contribution in [3.8, 4) is 5.75 Å². The van der Waals surface area contributed by atoms with E-state index >= 15 is 0 Å². The summed E-state index contributed by atoms with van der Waals surface area (Å²) < 4.78 is 11.2. The van der Waals surface area contributed by atoms with E-state index in [1.165, 1.54) is 24.7 Å². The number of hydrogen-bond acceptors (Lipinski definition) is 7. The molecule has 1 aromatic carbocycles. The van der Waals surface area contributed by atoms with Gasteiger partial charge in [-0.1, -0.05) is 22.9 Å². The molecule has 0 saturated carbocycles. The Hall–Kier alpha value is -2.72. The van der Waals surface area contributed by atoms with Crippen LogP contribution in [0.4, 0.5) is 5.00 Å². The fourth-order valence-electron chi connectivity index (χ4n) is 3.44. The maximum atomic E-state index is 12.5. The minimum atomic E-state index is -0.954. The van der Waals surface area contributed by atoms with Gasteiger partial charge in [-0.25, -0.2) is 10.2 Å². The van der Waals surface area contributed by atoms with Crippen molar-refractivity contribution >= 4 is 56.3 Å². The van der Waals surface area contributed by atoms with Crippen LogP contribution in [-0.2, 0) is 27.2 Å². The van der Waals surface area contributed by atoms with Crippen molar-refractivity contribution in [2.45, 2.75) is 33.1 Å². The van der Waals surface area contributed by atoms with Crippen molar-refractivity contribution in [1.29, 1.82) is 0 Å². The van der Waals surface area contributed by atoms with Gasteiger partial charge in [0.25, 0.3) is 0 Å². The molecule has 1 unspecified atom stereocenters. The number of amides is 2. The number of halogens is 1. The number of benzene rings is 1. The van der Waals surface area contributed by atoms with E-state index in [1.54, 1.807) is 19.1 Å². The molecule has 0 radical (unpaired) electrons. The molecular weight excluding hydrogens is 498 g/mol. The third-order valence-electron chi connectivity index (χ3n) is 4.99. The highest BCUT2D eigenvalue weighted by atomic mass is 79.9. The number of carbonyl (C=O) groups is 3. The molecule has 1 aromatic heterocycles. The molecule has 3 rings (SSSR count). The van der Waals surface area contributed by atoms with Crippen LogP contribution in [-0.4, -0.2) is 37.7 Å².